The highest BCUT2D eigenvalue weighted by atomic mass is 16.5. The highest BCUT2D eigenvalue weighted by Gasteiger charge is 2.19. The minimum atomic E-state index is -0.243. The van der Waals surface area contributed by atoms with Crippen molar-refractivity contribution in [2.75, 3.05) is 0 Å². The predicted molar refractivity (Wildman–Crippen MR) is 106 cm³/mol. The van der Waals surface area contributed by atoms with Gasteiger partial charge in [0.2, 0.25) is 5.88 Å². The van der Waals surface area contributed by atoms with E-state index in [0.29, 0.717) is 17.1 Å². The van der Waals surface area contributed by atoms with Gasteiger partial charge in [-0.2, -0.15) is 4.98 Å². The van der Waals surface area contributed by atoms with E-state index in [9.17, 15) is 4.79 Å². The normalized spacial score (nSPS) is 11.7. The molecule has 1 unspecified atom stereocenters. The molecule has 3 rings (SSSR count). The van der Waals surface area contributed by atoms with Gasteiger partial charge in [0.1, 0.15) is 11.3 Å². The lowest BCUT2D eigenvalue weighted by molar-refractivity contribution is 0.0936. The predicted octanol–water partition coefficient (Wildman–Crippen LogP) is 4.77. The fraction of sp³-hybridized carbons (Fsp3) is 0.227. The van der Waals surface area contributed by atoms with Gasteiger partial charge in [-0.1, -0.05) is 55.5 Å². The molecule has 0 aliphatic carbocycles. The van der Waals surface area contributed by atoms with Crippen molar-refractivity contribution < 1.29 is 9.53 Å². The maximum atomic E-state index is 12.7. The molecule has 0 aliphatic heterocycles. The van der Waals surface area contributed by atoms with Crippen molar-refractivity contribution in [1.29, 1.82) is 0 Å². The first kappa shape index (κ1) is 18.6. The number of aromatic nitrogens is 2. The number of nitrogens with zero attached hydrogens (tertiary/aromatic N) is 2. The highest BCUT2D eigenvalue weighted by Crippen LogP contribution is 2.28. The minimum absolute atomic E-state index is 0.0533. The molecule has 1 N–H and O–H groups in total. The first-order chi connectivity index (χ1) is 13.1. The van der Waals surface area contributed by atoms with Crippen LogP contribution in [0.4, 0.5) is 0 Å². The van der Waals surface area contributed by atoms with E-state index in [-0.39, 0.29) is 17.8 Å². The van der Waals surface area contributed by atoms with Crippen LogP contribution >= 0.6 is 0 Å². The van der Waals surface area contributed by atoms with Crippen molar-refractivity contribution in [3.05, 3.63) is 71.9 Å². The van der Waals surface area contributed by atoms with Gasteiger partial charge in [-0.05, 0) is 31.9 Å². The van der Waals surface area contributed by atoms with Crippen LogP contribution in [0.2, 0.25) is 0 Å². The second-order valence-corrected chi connectivity index (χ2v) is 6.43. The van der Waals surface area contributed by atoms with Crippen LogP contribution in [-0.4, -0.2) is 21.9 Å². The number of hydrogen-bond donors (Lipinski definition) is 1. The largest absolute Gasteiger partial charge is 0.438 e. The minimum Gasteiger partial charge on any atom is -0.438 e. The van der Waals surface area contributed by atoms with Crippen molar-refractivity contribution in [2.24, 2.45) is 0 Å². The Morgan fingerprint density at radius 2 is 1.81 bits per heavy atom. The Labute approximate surface area is 159 Å². The number of para-hydroxylation sites is 1. The van der Waals surface area contributed by atoms with Crippen LogP contribution in [0, 0.1) is 6.92 Å². The lowest BCUT2D eigenvalue weighted by Crippen LogP contribution is -2.32. The first-order valence-electron chi connectivity index (χ1n) is 9.05. The van der Waals surface area contributed by atoms with Gasteiger partial charge in [0.05, 0.1) is 0 Å². The van der Waals surface area contributed by atoms with Crippen molar-refractivity contribution in [3.63, 3.8) is 0 Å². The number of hydrogen-bond acceptors (Lipinski definition) is 4. The average molecular weight is 361 g/mol. The SMILES string of the molecule is CCC(C)NC(=O)c1cnc(-c2ccccc2)nc1Oc1ccccc1C. The van der Waals surface area contributed by atoms with Crippen LogP contribution in [0.5, 0.6) is 11.6 Å². The quantitative estimate of drug-likeness (QED) is 0.687. The smallest absolute Gasteiger partial charge is 0.258 e. The summed E-state index contributed by atoms with van der Waals surface area (Å²) in [6.07, 6.45) is 2.36. The number of carbonyl (C=O) groups is 1. The summed E-state index contributed by atoms with van der Waals surface area (Å²) >= 11 is 0. The van der Waals surface area contributed by atoms with Gasteiger partial charge < -0.3 is 10.1 Å². The summed E-state index contributed by atoms with van der Waals surface area (Å²) in [5, 5.41) is 2.95. The topological polar surface area (TPSA) is 64.1 Å². The molecule has 2 aromatic carbocycles. The van der Waals surface area contributed by atoms with E-state index in [0.717, 1.165) is 17.5 Å². The fourth-order valence-corrected chi connectivity index (χ4v) is 2.50. The van der Waals surface area contributed by atoms with Crippen LogP contribution in [0.15, 0.2) is 60.8 Å². The molecule has 0 saturated heterocycles. The van der Waals surface area contributed by atoms with E-state index in [1.54, 1.807) is 0 Å². The Balaban J connectivity index is 2.02. The molecule has 0 saturated carbocycles. The van der Waals surface area contributed by atoms with Gasteiger partial charge in [-0.25, -0.2) is 4.98 Å². The fourth-order valence-electron chi connectivity index (χ4n) is 2.50. The first-order valence-corrected chi connectivity index (χ1v) is 9.05. The van der Waals surface area contributed by atoms with Gasteiger partial charge in [0.15, 0.2) is 5.82 Å². The Morgan fingerprint density at radius 3 is 2.52 bits per heavy atom. The summed E-state index contributed by atoms with van der Waals surface area (Å²) in [6, 6.07) is 17.3. The van der Waals surface area contributed by atoms with Crippen LogP contribution < -0.4 is 10.1 Å². The van der Waals surface area contributed by atoms with Gasteiger partial charge >= 0.3 is 0 Å². The Hall–Kier alpha value is -3.21. The van der Waals surface area contributed by atoms with Crippen LogP contribution in [-0.2, 0) is 0 Å². The number of carbonyl (C=O) groups excluding carboxylic acids is 1. The molecule has 0 fully saturated rings. The number of rotatable bonds is 6. The third-order valence-corrected chi connectivity index (χ3v) is 4.32. The molecule has 1 atom stereocenters. The number of benzene rings is 2. The molecule has 5 heteroatoms. The zero-order chi connectivity index (χ0) is 19.2. The summed E-state index contributed by atoms with van der Waals surface area (Å²) in [6.45, 7) is 5.93. The number of amides is 1. The van der Waals surface area contributed by atoms with E-state index in [2.05, 4.69) is 15.3 Å². The Morgan fingerprint density at radius 1 is 1.11 bits per heavy atom. The molecule has 0 radical (unpaired) electrons. The molecule has 0 spiro atoms. The third kappa shape index (κ3) is 4.50. The average Bonchev–Trinajstić information content (AvgIpc) is 2.70. The molecular weight excluding hydrogens is 338 g/mol. The van der Waals surface area contributed by atoms with E-state index in [1.807, 2.05) is 75.4 Å². The molecule has 0 aliphatic rings. The standard InChI is InChI=1S/C22H23N3O2/c1-4-16(3)24-21(26)18-14-23-20(17-11-6-5-7-12-17)25-22(18)27-19-13-9-8-10-15(19)2/h5-14,16H,4H2,1-3H3,(H,24,26). The van der Waals surface area contributed by atoms with Crippen molar-refractivity contribution in [2.45, 2.75) is 33.2 Å². The van der Waals surface area contributed by atoms with Gasteiger partial charge in [-0.3, -0.25) is 4.79 Å². The molecule has 5 nitrogen and oxygen atoms in total. The maximum Gasteiger partial charge on any atom is 0.258 e. The second-order valence-electron chi connectivity index (χ2n) is 6.43. The number of nitrogens with one attached hydrogen (secondary N) is 1. The van der Waals surface area contributed by atoms with Gasteiger partial charge in [-0.15, -0.1) is 0 Å². The van der Waals surface area contributed by atoms with Crippen molar-refractivity contribution in [3.8, 4) is 23.0 Å². The lowest BCUT2D eigenvalue weighted by atomic mass is 10.2. The summed E-state index contributed by atoms with van der Waals surface area (Å²) in [7, 11) is 0. The number of aryl methyl sites for hydroxylation is 1. The molecule has 3 aromatic rings. The lowest BCUT2D eigenvalue weighted by Gasteiger charge is -2.15. The monoisotopic (exact) mass is 361 g/mol. The van der Waals surface area contributed by atoms with Gasteiger partial charge in [0.25, 0.3) is 5.91 Å². The van der Waals surface area contributed by atoms with Crippen molar-refractivity contribution >= 4 is 5.91 Å². The van der Waals surface area contributed by atoms with Crippen molar-refractivity contribution in [1.82, 2.24) is 15.3 Å². The van der Waals surface area contributed by atoms with E-state index in [4.69, 9.17) is 4.74 Å². The Bertz CT molecular complexity index is 926. The molecule has 1 aromatic heterocycles. The molecule has 1 amide bonds. The Kier molecular flexibility index (Phi) is 5.81. The second kappa shape index (κ2) is 8.45. The summed E-state index contributed by atoms with van der Waals surface area (Å²) in [5.74, 6) is 1.18. The maximum absolute atomic E-state index is 12.7. The molecule has 27 heavy (non-hydrogen) atoms. The summed E-state index contributed by atoms with van der Waals surface area (Å²) < 4.78 is 6.03. The van der Waals surface area contributed by atoms with Gasteiger partial charge in [0, 0.05) is 17.8 Å². The third-order valence-electron chi connectivity index (χ3n) is 4.32. The molecule has 1 heterocycles. The van der Waals surface area contributed by atoms with Crippen LogP contribution in [0.25, 0.3) is 11.4 Å². The molecule has 138 valence electrons. The zero-order valence-electron chi connectivity index (χ0n) is 15.8. The molecular formula is C22H23N3O2. The summed E-state index contributed by atoms with van der Waals surface area (Å²) in [4.78, 5) is 21.6. The molecule has 0 bridgehead atoms. The van der Waals surface area contributed by atoms with E-state index >= 15 is 0 Å². The van der Waals surface area contributed by atoms with Crippen LogP contribution in [0.1, 0.15) is 36.2 Å². The summed E-state index contributed by atoms with van der Waals surface area (Å²) in [5.41, 5.74) is 2.14. The van der Waals surface area contributed by atoms with Crippen LogP contribution in [0.3, 0.4) is 0 Å². The highest BCUT2D eigenvalue weighted by molar-refractivity contribution is 5.96. The van der Waals surface area contributed by atoms with E-state index < -0.39 is 0 Å². The number of ether oxygens (including phenoxy) is 1. The van der Waals surface area contributed by atoms with E-state index in [1.165, 1.54) is 6.20 Å². The zero-order valence-corrected chi connectivity index (χ0v) is 15.8.